The summed E-state index contributed by atoms with van der Waals surface area (Å²) >= 11 is 0. The number of nitrogens with two attached hydrogens (primary N) is 1. The summed E-state index contributed by atoms with van der Waals surface area (Å²) in [5, 5.41) is 0. The van der Waals surface area contributed by atoms with Crippen LogP contribution in [0.25, 0.3) is 0 Å². The van der Waals surface area contributed by atoms with E-state index in [1.165, 1.54) is 5.56 Å². The summed E-state index contributed by atoms with van der Waals surface area (Å²) < 4.78 is 0. The van der Waals surface area contributed by atoms with Gasteiger partial charge in [-0.25, -0.2) is 0 Å². The van der Waals surface area contributed by atoms with Gasteiger partial charge in [0.25, 0.3) is 0 Å². The number of hydrogen-bond donors (Lipinski definition) is 1. The molecule has 0 saturated heterocycles. The van der Waals surface area contributed by atoms with Gasteiger partial charge in [0.05, 0.1) is 0 Å². The third kappa shape index (κ3) is 4.40. The standard InChI is InChI=1S/C12H20N2/c1-11(13)10-14(2)9-8-12-6-4-3-5-7-12/h3-7,11H,8-10,13H2,1-2H3/t11-/m1/s1. The smallest absolute Gasteiger partial charge is 0.0139 e. The Bertz CT molecular complexity index is 244. The van der Waals surface area contributed by atoms with Crippen LogP contribution in [0.5, 0.6) is 0 Å². The zero-order valence-corrected chi connectivity index (χ0v) is 9.11. The molecule has 0 aromatic heterocycles. The highest BCUT2D eigenvalue weighted by atomic mass is 15.1. The maximum absolute atomic E-state index is 5.72. The predicted octanol–water partition coefficient (Wildman–Crippen LogP) is 1.51. The number of rotatable bonds is 5. The summed E-state index contributed by atoms with van der Waals surface area (Å²) in [6.07, 6.45) is 1.10. The van der Waals surface area contributed by atoms with E-state index in [9.17, 15) is 0 Å². The van der Waals surface area contributed by atoms with E-state index in [0.717, 1.165) is 19.5 Å². The van der Waals surface area contributed by atoms with Gasteiger partial charge in [0.15, 0.2) is 0 Å². The normalized spacial score (nSPS) is 13.1. The van der Waals surface area contributed by atoms with Crippen molar-refractivity contribution in [2.45, 2.75) is 19.4 Å². The molecule has 1 aromatic carbocycles. The molecule has 0 radical (unpaired) electrons. The first-order valence-corrected chi connectivity index (χ1v) is 5.16. The van der Waals surface area contributed by atoms with E-state index in [4.69, 9.17) is 5.73 Å². The third-order valence-electron chi connectivity index (χ3n) is 2.22. The molecule has 0 fully saturated rings. The molecule has 1 atom stereocenters. The Morgan fingerprint density at radius 3 is 2.50 bits per heavy atom. The lowest BCUT2D eigenvalue weighted by Crippen LogP contribution is -2.34. The molecule has 0 aliphatic rings. The van der Waals surface area contributed by atoms with Crippen LogP contribution in [0.3, 0.4) is 0 Å². The van der Waals surface area contributed by atoms with Gasteiger partial charge in [-0.2, -0.15) is 0 Å². The molecule has 78 valence electrons. The van der Waals surface area contributed by atoms with E-state index in [0.29, 0.717) is 0 Å². The molecule has 2 heteroatoms. The lowest BCUT2D eigenvalue weighted by Gasteiger charge is -2.18. The van der Waals surface area contributed by atoms with Gasteiger partial charge in [-0.05, 0) is 26.0 Å². The summed E-state index contributed by atoms with van der Waals surface area (Å²) in [5.41, 5.74) is 7.11. The summed E-state index contributed by atoms with van der Waals surface area (Å²) in [4.78, 5) is 2.28. The highest BCUT2D eigenvalue weighted by molar-refractivity contribution is 5.14. The molecule has 0 saturated carbocycles. The van der Waals surface area contributed by atoms with Crippen molar-refractivity contribution < 1.29 is 0 Å². The quantitative estimate of drug-likeness (QED) is 0.766. The van der Waals surface area contributed by atoms with E-state index < -0.39 is 0 Å². The van der Waals surface area contributed by atoms with Gasteiger partial charge in [0, 0.05) is 19.1 Å². The third-order valence-corrected chi connectivity index (χ3v) is 2.22. The minimum Gasteiger partial charge on any atom is -0.327 e. The van der Waals surface area contributed by atoms with Crippen molar-refractivity contribution in [3.8, 4) is 0 Å². The molecule has 0 unspecified atom stereocenters. The van der Waals surface area contributed by atoms with Crippen molar-refractivity contribution in [3.05, 3.63) is 35.9 Å². The van der Waals surface area contributed by atoms with Crippen LogP contribution in [-0.4, -0.2) is 31.1 Å². The topological polar surface area (TPSA) is 29.3 Å². The molecule has 2 nitrogen and oxygen atoms in total. The SMILES string of the molecule is C[C@@H](N)CN(C)CCc1ccccc1. The number of likely N-dealkylation sites (N-methyl/N-ethyl adjacent to an activating group) is 1. The van der Waals surface area contributed by atoms with Gasteiger partial charge in [0.2, 0.25) is 0 Å². The highest BCUT2D eigenvalue weighted by Crippen LogP contribution is 2.00. The molecule has 0 aliphatic carbocycles. The molecule has 2 N–H and O–H groups in total. The summed E-state index contributed by atoms with van der Waals surface area (Å²) in [6, 6.07) is 10.8. The average Bonchev–Trinajstić information content (AvgIpc) is 2.15. The van der Waals surface area contributed by atoms with Crippen molar-refractivity contribution in [2.75, 3.05) is 20.1 Å². The Hall–Kier alpha value is -0.860. The van der Waals surface area contributed by atoms with Crippen molar-refractivity contribution >= 4 is 0 Å². The fraction of sp³-hybridized carbons (Fsp3) is 0.500. The van der Waals surface area contributed by atoms with Crippen molar-refractivity contribution in [3.63, 3.8) is 0 Å². The van der Waals surface area contributed by atoms with Crippen LogP contribution in [0.4, 0.5) is 0 Å². The molecule has 0 bridgehead atoms. The zero-order valence-electron chi connectivity index (χ0n) is 9.11. The monoisotopic (exact) mass is 192 g/mol. The van der Waals surface area contributed by atoms with Crippen LogP contribution in [0.2, 0.25) is 0 Å². The number of hydrogen-bond acceptors (Lipinski definition) is 2. The molecule has 1 aromatic rings. The first kappa shape index (κ1) is 11.2. The van der Waals surface area contributed by atoms with Gasteiger partial charge in [-0.15, -0.1) is 0 Å². The fourth-order valence-corrected chi connectivity index (χ4v) is 1.55. The molecule has 0 spiro atoms. The fourth-order valence-electron chi connectivity index (χ4n) is 1.55. The first-order chi connectivity index (χ1) is 6.68. The van der Waals surface area contributed by atoms with E-state index in [-0.39, 0.29) is 6.04 Å². The average molecular weight is 192 g/mol. The van der Waals surface area contributed by atoms with E-state index in [1.54, 1.807) is 0 Å². The van der Waals surface area contributed by atoms with Gasteiger partial charge in [-0.3, -0.25) is 0 Å². The molecular formula is C12H20N2. The molecule has 1 rings (SSSR count). The molecular weight excluding hydrogens is 172 g/mol. The maximum Gasteiger partial charge on any atom is 0.0139 e. The van der Waals surface area contributed by atoms with E-state index >= 15 is 0 Å². The Morgan fingerprint density at radius 1 is 1.29 bits per heavy atom. The molecule has 0 heterocycles. The van der Waals surface area contributed by atoms with Crippen molar-refractivity contribution in [1.82, 2.24) is 4.90 Å². The first-order valence-electron chi connectivity index (χ1n) is 5.16. The molecule has 0 aliphatic heterocycles. The second kappa shape index (κ2) is 5.78. The van der Waals surface area contributed by atoms with Crippen LogP contribution in [0.15, 0.2) is 30.3 Å². The number of nitrogens with zero attached hydrogens (tertiary/aromatic N) is 1. The zero-order chi connectivity index (χ0) is 10.4. The lowest BCUT2D eigenvalue weighted by atomic mass is 10.1. The summed E-state index contributed by atoms with van der Waals surface area (Å²) in [6.45, 7) is 4.08. The van der Waals surface area contributed by atoms with Gasteiger partial charge in [0.1, 0.15) is 0 Å². The molecule has 14 heavy (non-hydrogen) atoms. The minimum atomic E-state index is 0.260. The van der Waals surface area contributed by atoms with Crippen LogP contribution >= 0.6 is 0 Å². The Kier molecular flexibility index (Phi) is 4.63. The summed E-state index contributed by atoms with van der Waals surface area (Å²) in [7, 11) is 2.12. The van der Waals surface area contributed by atoms with Crippen LogP contribution in [0.1, 0.15) is 12.5 Å². The summed E-state index contributed by atoms with van der Waals surface area (Å²) in [5.74, 6) is 0. The predicted molar refractivity (Wildman–Crippen MR) is 61.3 cm³/mol. The van der Waals surface area contributed by atoms with Gasteiger partial charge >= 0.3 is 0 Å². The molecule has 0 amide bonds. The van der Waals surface area contributed by atoms with E-state index in [2.05, 4.69) is 42.3 Å². The van der Waals surface area contributed by atoms with Gasteiger partial charge in [-0.1, -0.05) is 30.3 Å². The number of benzene rings is 1. The Labute approximate surface area is 86.7 Å². The highest BCUT2D eigenvalue weighted by Gasteiger charge is 2.01. The van der Waals surface area contributed by atoms with Crippen molar-refractivity contribution in [1.29, 1.82) is 0 Å². The lowest BCUT2D eigenvalue weighted by molar-refractivity contribution is 0.321. The van der Waals surface area contributed by atoms with Crippen molar-refractivity contribution in [2.24, 2.45) is 5.73 Å². The Morgan fingerprint density at radius 2 is 1.93 bits per heavy atom. The van der Waals surface area contributed by atoms with Crippen LogP contribution in [-0.2, 0) is 6.42 Å². The minimum absolute atomic E-state index is 0.260. The van der Waals surface area contributed by atoms with Gasteiger partial charge < -0.3 is 10.6 Å². The second-order valence-corrected chi connectivity index (χ2v) is 3.98. The largest absolute Gasteiger partial charge is 0.327 e. The maximum atomic E-state index is 5.72. The second-order valence-electron chi connectivity index (χ2n) is 3.98. The van der Waals surface area contributed by atoms with Crippen LogP contribution in [0, 0.1) is 0 Å². The van der Waals surface area contributed by atoms with Crippen LogP contribution < -0.4 is 5.73 Å². The van der Waals surface area contributed by atoms with E-state index in [1.807, 2.05) is 6.92 Å². The Balaban J connectivity index is 2.27.